The predicted octanol–water partition coefficient (Wildman–Crippen LogP) is 3.55. The Morgan fingerprint density at radius 1 is 1.05 bits per heavy atom. The van der Waals surface area contributed by atoms with Gasteiger partial charge >= 0.3 is 0 Å². The van der Waals surface area contributed by atoms with Crippen LogP contribution >= 0.6 is 11.3 Å². The van der Waals surface area contributed by atoms with Crippen LogP contribution in [0.25, 0.3) is 10.2 Å². The Kier molecular flexibility index (Phi) is 3.76. The van der Waals surface area contributed by atoms with Gasteiger partial charge in [0.1, 0.15) is 5.82 Å². The number of halogens is 1. The van der Waals surface area contributed by atoms with E-state index in [0.29, 0.717) is 18.4 Å². The fourth-order valence-corrected chi connectivity index (χ4v) is 3.31. The van der Waals surface area contributed by atoms with Crippen molar-refractivity contribution in [2.45, 2.75) is 18.9 Å². The minimum Gasteiger partial charge on any atom is -0.327 e. The van der Waals surface area contributed by atoms with Crippen molar-refractivity contribution < 1.29 is 4.39 Å². The molecular weight excluding hydrogens is 271 g/mol. The lowest BCUT2D eigenvalue weighted by molar-refractivity contribution is 0.583. The molecule has 2 nitrogen and oxygen atoms in total. The zero-order valence-electron chi connectivity index (χ0n) is 10.9. The molecule has 0 bridgehead atoms. The molecule has 1 aromatic heterocycles. The van der Waals surface area contributed by atoms with E-state index in [0.717, 1.165) is 10.5 Å². The van der Waals surface area contributed by atoms with Crippen molar-refractivity contribution in [2.75, 3.05) is 0 Å². The first-order chi connectivity index (χ1) is 9.72. The van der Waals surface area contributed by atoms with Gasteiger partial charge in [0.2, 0.25) is 0 Å². The predicted molar refractivity (Wildman–Crippen MR) is 81.4 cm³/mol. The van der Waals surface area contributed by atoms with E-state index >= 15 is 0 Å². The van der Waals surface area contributed by atoms with Gasteiger partial charge in [0, 0.05) is 12.5 Å². The van der Waals surface area contributed by atoms with E-state index in [1.54, 1.807) is 23.5 Å². The smallest absolute Gasteiger partial charge is 0.126 e. The highest BCUT2D eigenvalue weighted by Crippen LogP contribution is 2.22. The van der Waals surface area contributed by atoms with Crippen LogP contribution in [-0.2, 0) is 12.8 Å². The summed E-state index contributed by atoms with van der Waals surface area (Å²) >= 11 is 1.66. The summed E-state index contributed by atoms with van der Waals surface area (Å²) in [4.78, 5) is 4.56. The van der Waals surface area contributed by atoms with Crippen LogP contribution in [0.2, 0.25) is 0 Å². The Hall–Kier alpha value is -1.78. The molecule has 2 aromatic carbocycles. The van der Waals surface area contributed by atoms with Gasteiger partial charge in [-0.05, 0) is 30.2 Å². The first-order valence-corrected chi connectivity index (χ1v) is 7.37. The van der Waals surface area contributed by atoms with Crippen molar-refractivity contribution >= 4 is 21.6 Å². The summed E-state index contributed by atoms with van der Waals surface area (Å²) in [6, 6.07) is 14.7. The van der Waals surface area contributed by atoms with E-state index in [1.807, 2.05) is 24.3 Å². The van der Waals surface area contributed by atoms with Crippen molar-refractivity contribution in [2.24, 2.45) is 5.73 Å². The lowest BCUT2D eigenvalue weighted by Crippen LogP contribution is -2.25. The second-order valence-electron chi connectivity index (χ2n) is 4.84. The van der Waals surface area contributed by atoms with Crippen LogP contribution in [0, 0.1) is 5.82 Å². The van der Waals surface area contributed by atoms with Crippen LogP contribution in [0.4, 0.5) is 4.39 Å². The second kappa shape index (κ2) is 5.69. The van der Waals surface area contributed by atoms with Gasteiger partial charge in [0.15, 0.2) is 0 Å². The highest BCUT2D eigenvalue weighted by atomic mass is 32.1. The normalized spacial score (nSPS) is 12.7. The van der Waals surface area contributed by atoms with E-state index in [9.17, 15) is 4.39 Å². The van der Waals surface area contributed by atoms with Crippen LogP contribution < -0.4 is 5.73 Å². The molecule has 0 saturated carbocycles. The highest BCUT2D eigenvalue weighted by Gasteiger charge is 2.11. The number of aromatic nitrogens is 1. The van der Waals surface area contributed by atoms with Gasteiger partial charge in [-0.3, -0.25) is 0 Å². The largest absolute Gasteiger partial charge is 0.327 e. The molecule has 0 spiro atoms. The minimum absolute atomic E-state index is 0.118. The summed E-state index contributed by atoms with van der Waals surface area (Å²) in [5, 5.41) is 1.01. The number of hydrogen-bond acceptors (Lipinski definition) is 3. The Morgan fingerprint density at radius 2 is 1.80 bits per heavy atom. The van der Waals surface area contributed by atoms with Gasteiger partial charge in [0.25, 0.3) is 0 Å². The number of fused-ring (bicyclic) bond motifs is 1. The summed E-state index contributed by atoms with van der Waals surface area (Å²) in [7, 11) is 0. The standard InChI is InChI=1S/C16H15FN2S/c17-13-6-2-1-5-11(13)9-12(18)10-16-19-14-7-3-4-8-15(14)20-16/h1-8,12H,9-10,18H2. The van der Waals surface area contributed by atoms with Gasteiger partial charge < -0.3 is 5.73 Å². The summed E-state index contributed by atoms with van der Waals surface area (Å²) in [5.41, 5.74) is 7.80. The van der Waals surface area contributed by atoms with E-state index < -0.39 is 0 Å². The third-order valence-corrected chi connectivity index (χ3v) is 4.27. The summed E-state index contributed by atoms with van der Waals surface area (Å²) < 4.78 is 14.8. The Balaban J connectivity index is 1.72. The minimum atomic E-state index is -0.188. The Labute approximate surface area is 121 Å². The van der Waals surface area contributed by atoms with E-state index in [2.05, 4.69) is 11.1 Å². The molecule has 102 valence electrons. The Bertz CT molecular complexity index is 690. The van der Waals surface area contributed by atoms with Crippen molar-refractivity contribution in [3.63, 3.8) is 0 Å². The van der Waals surface area contributed by atoms with E-state index in [4.69, 9.17) is 5.73 Å². The highest BCUT2D eigenvalue weighted by molar-refractivity contribution is 7.18. The number of rotatable bonds is 4. The fourth-order valence-electron chi connectivity index (χ4n) is 2.25. The molecule has 0 aliphatic heterocycles. The molecule has 0 radical (unpaired) electrons. The number of thiazole rings is 1. The monoisotopic (exact) mass is 286 g/mol. The molecule has 20 heavy (non-hydrogen) atoms. The topological polar surface area (TPSA) is 38.9 Å². The zero-order valence-corrected chi connectivity index (χ0v) is 11.7. The van der Waals surface area contributed by atoms with Crippen molar-refractivity contribution in [1.29, 1.82) is 0 Å². The van der Waals surface area contributed by atoms with Crippen molar-refractivity contribution in [1.82, 2.24) is 4.98 Å². The molecule has 0 saturated heterocycles. The summed E-state index contributed by atoms with van der Waals surface area (Å²) in [6.07, 6.45) is 1.20. The van der Waals surface area contributed by atoms with Gasteiger partial charge in [-0.25, -0.2) is 9.37 Å². The second-order valence-corrected chi connectivity index (χ2v) is 5.95. The van der Waals surface area contributed by atoms with Gasteiger partial charge in [-0.15, -0.1) is 11.3 Å². The maximum Gasteiger partial charge on any atom is 0.126 e. The molecule has 0 aliphatic carbocycles. The molecule has 4 heteroatoms. The Morgan fingerprint density at radius 3 is 2.60 bits per heavy atom. The van der Waals surface area contributed by atoms with E-state index in [1.165, 1.54) is 10.8 Å². The third-order valence-electron chi connectivity index (χ3n) is 3.21. The van der Waals surface area contributed by atoms with Gasteiger partial charge in [-0.2, -0.15) is 0 Å². The van der Waals surface area contributed by atoms with Crippen LogP contribution in [0.15, 0.2) is 48.5 Å². The number of nitrogens with zero attached hydrogens (tertiary/aromatic N) is 1. The first-order valence-electron chi connectivity index (χ1n) is 6.56. The molecule has 1 atom stereocenters. The molecule has 1 heterocycles. The SMILES string of the molecule is NC(Cc1nc2ccccc2s1)Cc1ccccc1F. The quantitative estimate of drug-likeness (QED) is 0.796. The number of nitrogens with two attached hydrogens (primary N) is 1. The average Bonchev–Trinajstić information content (AvgIpc) is 2.83. The number of benzene rings is 2. The van der Waals surface area contributed by atoms with E-state index in [-0.39, 0.29) is 11.9 Å². The van der Waals surface area contributed by atoms with Crippen LogP contribution in [0.1, 0.15) is 10.6 Å². The number of para-hydroxylation sites is 1. The molecule has 3 rings (SSSR count). The van der Waals surface area contributed by atoms with Gasteiger partial charge in [-0.1, -0.05) is 30.3 Å². The lowest BCUT2D eigenvalue weighted by Gasteiger charge is -2.10. The van der Waals surface area contributed by atoms with Gasteiger partial charge in [0.05, 0.1) is 15.2 Å². The maximum atomic E-state index is 13.6. The fraction of sp³-hybridized carbons (Fsp3) is 0.188. The summed E-state index contributed by atoms with van der Waals surface area (Å²) in [5.74, 6) is -0.188. The van der Waals surface area contributed by atoms with Crippen LogP contribution in [0.3, 0.4) is 0 Å². The molecule has 0 fully saturated rings. The number of hydrogen-bond donors (Lipinski definition) is 1. The third kappa shape index (κ3) is 2.86. The van der Waals surface area contributed by atoms with Crippen molar-refractivity contribution in [3.8, 4) is 0 Å². The zero-order chi connectivity index (χ0) is 13.9. The molecule has 0 amide bonds. The first kappa shape index (κ1) is 13.2. The van der Waals surface area contributed by atoms with Crippen molar-refractivity contribution in [3.05, 3.63) is 64.9 Å². The van der Waals surface area contributed by atoms with Crippen LogP contribution in [-0.4, -0.2) is 11.0 Å². The summed E-state index contributed by atoms with van der Waals surface area (Å²) in [6.45, 7) is 0. The molecular formula is C16H15FN2S. The molecule has 3 aromatic rings. The van der Waals surface area contributed by atoms with Crippen LogP contribution in [0.5, 0.6) is 0 Å². The molecule has 0 aliphatic rings. The lowest BCUT2D eigenvalue weighted by atomic mass is 10.0. The maximum absolute atomic E-state index is 13.6. The average molecular weight is 286 g/mol. The molecule has 1 unspecified atom stereocenters. The molecule has 2 N–H and O–H groups in total.